The molecule has 4 amide bonds. The van der Waals surface area contributed by atoms with Crippen LogP contribution in [0.15, 0.2) is 30.3 Å². The number of esters is 4. The van der Waals surface area contributed by atoms with Crippen LogP contribution in [0.4, 0.5) is 0 Å². The standard InChI is InChI=1S/C49H80N4O13/c1-18-30(11)39(64-46(59)36(27(5)6)50-41(54)32(13)62-25-34-23-21-20-22-24-34)43(56)52-35(26(3)4)45(58)63-33(14)42(55)51-37(28(7)8)47(60)65-40(31(12)19-2)44(57)53-38(29(9)10)48(61)66-49(15,16)17/h20-24,26-33,35-40H,18-19,25H2,1-17H3,(H,50,54)(H,51,55)(H,52,56)(H,53,57)/t30-,31-,32-,33-,35+,36-,37-,38+,39+,40+/m0/s1. The number of rotatable bonds is 26. The molecule has 1 aromatic rings. The Morgan fingerprint density at radius 1 is 0.470 bits per heavy atom. The molecule has 17 nitrogen and oxygen atoms in total. The zero-order valence-electron chi connectivity index (χ0n) is 42.4. The highest BCUT2D eigenvalue weighted by Crippen LogP contribution is 2.20. The molecule has 0 saturated heterocycles. The average molecular weight is 933 g/mol. The first-order valence-corrected chi connectivity index (χ1v) is 23.3. The number of amides is 4. The lowest BCUT2D eigenvalue weighted by Crippen LogP contribution is -2.55. The third-order valence-electron chi connectivity index (χ3n) is 11.0. The van der Waals surface area contributed by atoms with Crippen molar-refractivity contribution in [3.05, 3.63) is 35.9 Å². The lowest BCUT2D eigenvalue weighted by molar-refractivity contribution is -0.167. The summed E-state index contributed by atoms with van der Waals surface area (Å²) >= 11 is 0. The lowest BCUT2D eigenvalue weighted by atomic mass is 9.98. The smallest absolute Gasteiger partial charge is 0.329 e. The summed E-state index contributed by atoms with van der Waals surface area (Å²) in [5, 5.41) is 10.6. The van der Waals surface area contributed by atoms with Gasteiger partial charge in [0.1, 0.15) is 35.9 Å². The Kier molecular flexibility index (Phi) is 24.6. The molecule has 4 N–H and O–H groups in total. The second kappa shape index (κ2) is 27.5. The fraction of sp³-hybridized carbons (Fsp3) is 0.714. The zero-order valence-corrected chi connectivity index (χ0v) is 42.4. The number of carbonyl (C=O) groups excluding carboxylic acids is 8. The fourth-order valence-corrected chi connectivity index (χ4v) is 6.22. The number of hydrogen-bond donors (Lipinski definition) is 4. The Labute approximate surface area is 392 Å². The van der Waals surface area contributed by atoms with Crippen LogP contribution in [0.25, 0.3) is 0 Å². The van der Waals surface area contributed by atoms with Crippen molar-refractivity contribution in [3.8, 4) is 0 Å². The molecule has 0 aliphatic heterocycles. The maximum Gasteiger partial charge on any atom is 0.329 e. The molecule has 0 bridgehead atoms. The molecule has 10 atom stereocenters. The zero-order chi connectivity index (χ0) is 50.8. The van der Waals surface area contributed by atoms with Crippen LogP contribution in [0.2, 0.25) is 0 Å². The van der Waals surface area contributed by atoms with Gasteiger partial charge in [0.15, 0.2) is 18.3 Å². The highest BCUT2D eigenvalue weighted by Gasteiger charge is 2.40. The molecule has 0 aromatic heterocycles. The van der Waals surface area contributed by atoms with Gasteiger partial charge in [0.05, 0.1) is 6.61 Å². The van der Waals surface area contributed by atoms with E-state index in [1.165, 1.54) is 6.92 Å². The minimum atomic E-state index is -1.46. The number of carbonyl (C=O) groups is 8. The van der Waals surface area contributed by atoms with E-state index in [1.807, 2.05) is 37.3 Å². The fourth-order valence-electron chi connectivity index (χ4n) is 6.22. The average Bonchev–Trinajstić information content (AvgIpc) is 3.23. The molecule has 0 fully saturated rings. The molecule has 374 valence electrons. The Morgan fingerprint density at radius 3 is 1.15 bits per heavy atom. The second-order valence-corrected chi connectivity index (χ2v) is 19.5. The van der Waals surface area contributed by atoms with Crippen LogP contribution in [0.1, 0.15) is 136 Å². The maximum absolute atomic E-state index is 13.9. The highest BCUT2D eigenvalue weighted by molar-refractivity contribution is 5.93. The van der Waals surface area contributed by atoms with Gasteiger partial charge in [0, 0.05) is 11.8 Å². The summed E-state index contributed by atoms with van der Waals surface area (Å²) in [5.41, 5.74) is 0.0639. The largest absolute Gasteiger partial charge is 0.458 e. The van der Waals surface area contributed by atoms with Crippen LogP contribution in [-0.2, 0) is 68.6 Å². The molecule has 1 aromatic carbocycles. The van der Waals surface area contributed by atoms with Gasteiger partial charge in [-0.1, -0.05) is 113 Å². The van der Waals surface area contributed by atoms with Gasteiger partial charge in [-0.25, -0.2) is 19.2 Å². The van der Waals surface area contributed by atoms with E-state index < -0.39 is 131 Å². The summed E-state index contributed by atoms with van der Waals surface area (Å²) in [6.07, 6.45) is -4.21. The first-order valence-electron chi connectivity index (χ1n) is 23.3. The number of benzene rings is 1. The first-order chi connectivity index (χ1) is 30.6. The summed E-state index contributed by atoms with van der Waals surface area (Å²) in [7, 11) is 0. The molecule has 66 heavy (non-hydrogen) atoms. The van der Waals surface area contributed by atoms with E-state index in [0.717, 1.165) is 5.56 Å². The summed E-state index contributed by atoms with van der Waals surface area (Å²) < 4.78 is 28.3. The quantitative estimate of drug-likeness (QED) is 0.0680. The van der Waals surface area contributed by atoms with Crippen molar-refractivity contribution < 1.29 is 62.0 Å². The predicted octanol–water partition coefficient (Wildman–Crippen LogP) is 5.34. The number of ether oxygens (including phenoxy) is 5. The summed E-state index contributed by atoms with van der Waals surface area (Å²) in [4.78, 5) is 108. The van der Waals surface area contributed by atoms with Gasteiger partial charge in [-0.3, -0.25) is 19.2 Å². The number of nitrogens with one attached hydrogen (secondary N) is 4. The van der Waals surface area contributed by atoms with Gasteiger partial charge in [-0.05, 0) is 76.7 Å². The molecule has 1 rings (SSSR count). The molecule has 0 unspecified atom stereocenters. The molecule has 0 aliphatic carbocycles. The van der Waals surface area contributed by atoms with Crippen LogP contribution < -0.4 is 21.3 Å². The van der Waals surface area contributed by atoms with Crippen LogP contribution in [-0.4, -0.2) is 102 Å². The van der Waals surface area contributed by atoms with Gasteiger partial charge in [0.2, 0.25) is 5.91 Å². The van der Waals surface area contributed by atoms with Crippen LogP contribution in [0.3, 0.4) is 0 Å². The van der Waals surface area contributed by atoms with Crippen molar-refractivity contribution in [1.29, 1.82) is 0 Å². The Morgan fingerprint density at radius 2 is 0.803 bits per heavy atom. The molecular formula is C49H80N4O13. The van der Waals surface area contributed by atoms with Crippen LogP contribution in [0, 0.1) is 35.5 Å². The highest BCUT2D eigenvalue weighted by atomic mass is 16.6. The Balaban J connectivity index is 3.13. The van der Waals surface area contributed by atoms with Crippen molar-refractivity contribution in [1.82, 2.24) is 21.3 Å². The van der Waals surface area contributed by atoms with Crippen LogP contribution in [0.5, 0.6) is 0 Å². The second-order valence-electron chi connectivity index (χ2n) is 19.5. The molecule has 17 heteroatoms. The normalized spacial score (nSPS) is 16.3. The Hall–Kier alpha value is -5.06. The third-order valence-corrected chi connectivity index (χ3v) is 11.0. The molecule has 0 aliphatic rings. The molecular weight excluding hydrogens is 853 g/mol. The van der Waals surface area contributed by atoms with Crippen molar-refractivity contribution in [2.75, 3.05) is 0 Å². The van der Waals surface area contributed by atoms with Gasteiger partial charge in [-0.15, -0.1) is 0 Å². The van der Waals surface area contributed by atoms with E-state index in [2.05, 4.69) is 21.3 Å². The number of hydrogen-bond acceptors (Lipinski definition) is 13. The van der Waals surface area contributed by atoms with Gasteiger partial charge >= 0.3 is 23.9 Å². The summed E-state index contributed by atoms with van der Waals surface area (Å²) in [6.45, 7) is 28.7. The van der Waals surface area contributed by atoms with Crippen molar-refractivity contribution >= 4 is 47.5 Å². The van der Waals surface area contributed by atoms with Gasteiger partial charge < -0.3 is 45.0 Å². The minimum Gasteiger partial charge on any atom is -0.458 e. The van der Waals surface area contributed by atoms with E-state index in [9.17, 15) is 38.4 Å². The Bertz CT molecular complexity index is 1760. The summed E-state index contributed by atoms with van der Waals surface area (Å²) in [6, 6.07) is 4.57. The molecule has 0 heterocycles. The third kappa shape index (κ3) is 19.4. The van der Waals surface area contributed by atoms with Crippen molar-refractivity contribution in [3.63, 3.8) is 0 Å². The summed E-state index contributed by atoms with van der Waals surface area (Å²) in [5.74, 6) is -9.13. The van der Waals surface area contributed by atoms with E-state index in [1.54, 1.807) is 104 Å². The van der Waals surface area contributed by atoms with E-state index in [-0.39, 0.29) is 12.5 Å². The van der Waals surface area contributed by atoms with Gasteiger partial charge in [0.25, 0.3) is 17.7 Å². The first kappa shape index (κ1) is 59.0. The minimum absolute atomic E-state index is 0.179. The lowest BCUT2D eigenvalue weighted by Gasteiger charge is -2.31. The van der Waals surface area contributed by atoms with E-state index in [4.69, 9.17) is 23.7 Å². The van der Waals surface area contributed by atoms with Crippen molar-refractivity contribution in [2.45, 2.75) is 191 Å². The van der Waals surface area contributed by atoms with E-state index >= 15 is 0 Å². The monoisotopic (exact) mass is 933 g/mol. The SMILES string of the molecule is CC[C@H](C)[C@@H](OC(=O)[C@@H](NC(=O)[C@H](C)OCc1ccccc1)C(C)C)C(=O)N[C@@H](C(=O)O[C@@H](C)C(=O)N[C@H](C(=O)O[C@@H](C(=O)N[C@@H](C(=O)OC(C)(C)C)C(C)C)[C@@H](C)CC)C(C)C)C(C)C. The molecule has 0 spiro atoms. The maximum atomic E-state index is 13.9. The molecule has 0 radical (unpaired) electrons. The molecule has 0 saturated carbocycles. The topological polar surface area (TPSA) is 231 Å². The van der Waals surface area contributed by atoms with Gasteiger partial charge in [-0.2, -0.15) is 0 Å². The van der Waals surface area contributed by atoms with Crippen molar-refractivity contribution in [2.24, 2.45) is 35.5 Å². The van der Waals surface area contributed by atoms with Crippen LogP contribution >= 0.6 is 0 Å². The predicted molar refractivity (Wildman–Crippen MR) is 248 cm³/mol. The van der Waals surface area contributed by atoms with E-state index in [0.29, 0.717) is 12.8 Å².